The monoisotopic (exact) mass is 238 g/mol. The quantitative estimate of drug-likeness (QED) is 0.231. The highest BCUT2D eigenvalue weighted by Gasteiger charge is 2.07. The number of rotatable bonds is 5. The summed E-state index contributed by atoms with van der Waals surface area (Å²) in [6, 6.07) is 5.92. The lowest BCUT2D eigenvalue weighted by molar-refractivity contribution is -0.384. The maximum atomic E-state index is 10.4. The predicted octanol–water partition coefficient (Wildman–Crippen LogP) is 0.819. The summed E-state index contributed by atoms with van der Waals surface area (Å²) < 4.78 is 0. The number of benzene rings is 1. The zero-order chi connectivity index (χ0) is 12.8. The van der Waals surface area contributed by atoms with Gasteiger partial charge >= 0.3 is 0 Å². The fourth-order valence-corrected chi connectivity index (χ4v) is 1.20. The summed E-state index contributed by atoms with van der Waals surface area (Å²) in [5.74, 6) is 0.0897. The third-order valence-corrected chi connectivity index (χ3v) is 2.32. The van der Waals surface area contributed by atoms with Crippen LogP contribution in [0.1, 0.15) is 12.5 Å². The lowest BCUT2D eigenvalue weighted by Gasteiger charge is -2.11. The Morgan fingerprint density at radius 1 is 1.59 bits per heavy atom. The molecule has 1 unspecified atom stereocenters. The van der Waals surface area contributed by atoms with Gasteiger partial charge in [0.25, 0.3) is 5.69 Å². The molecule has 0 heterocycles. The first kappa shape index (κ1) is 12.9. The zero-order valence-electron chi connectivity index (χ0n) is 9.33. The van der Waals surface area contributed by atoms with Crippen LogP contribution in [0.15, 0.2) is 29.4 Å². The number of nitrogens with zero attached hydrogens (tertiary/aromatic N) is 2. The minimum Gasteiger partial charge on any atom is -0.409 e. The molecule has 1 aromatic carbocycles. The maximum absolute atomic E-state index is 10.4. The largest absolute Gasteiger partial charge is 0.409 e. The number of amidine groups is 1. The Kier molecular flexibility index (Phi) is 4.41. The Labute approximate surface area is 98.1 Å². The van der Waals surface area contributed by atoms with Crippen LogP contribution in [0.4, 0.5) is 5.69 Å². The molecule has 0 aliphatic rings. The molecule has 0 spiro atoms. The average Bonchev–Trinajstić information content (AvgIpc) is 2.35. The molecule has 1 atom stereocenters. The van der Waals surface area contributed by atoms with Crippen molar-refractivity contribution in [2.45, 2.75) is 19.5 Å². The Morgan fingerprint density at radius 3 is 2.65 bits per heavy atom. The summed E-state index contributed by atoms with van der Waals surface area (Å²) >= 11 is 0. The van der Waals surface area contributed by atoms with Crippen LogP contribution in [0, 0.1) is 10.1 Å². The van der Waals surface area contributed by atoms with Crippen LogP contribution in [0.5, 0.6) is 0 Å². The van der Waals surface area contributed by atoms with E-state index >= 15 is 0 Å². The van der Waals surface area contributed by atoms with Gasteiger partial charge in [-0.2, -0.15) is 0 Å². The van der Waals surface area contributed by atoms with E-state index < -0.39 is 4.92 Å². The van der Waals surface area contributed by atoms with Crippen molar-refractivity contribution in [3.63, 3.8) is 0 Å². The van der Waals surface area contributed by atoms with Crippen molar-refractivity contribution in [1.29, 1.82) is 0 Å². The van der Waals surface area contributed by atoms with Gasteiger partial charge in [0.15, 0.2) is 5.84 Å². The van der Waals surface area contributed by atoms with Gasteiger partial charge in [0.05, 0.1) is 11.0 Å². The number of oxime groups is 1. The van der Waals surface area contributed by atoms with Crippen molar-refractivity contribution in [2.24, 2.45) is 10.9 Å². The Hall–Kier alpha value is -2.15. The smallest absolute Gasteiger partial charge is 0.269 e. The SMILES string of the molecule is CC(NCc1ccc([N+](=O)[O-])cc1)C(N)=NO. The molecule has 0 amide bonds. The Morgan fingerprint density at radius 2 is 2.18 bits per heavy atom. The first-order valence-corrected chi connectivity index (χ1v) is 4.98. The van der Waals surface area contributed by atoms with E-state index in [4.69, 9.17) is 10.9 Å². The molecule has 1 aromatic rings. The van der Waals surface area contributed by atoms with Crippen molar-refractivity contribution in [3.8, 4) is 0 Å². The molecule has 0 aliphatic carbocycles. The lowest BCUT2D eigenvalue weighted by atomic mass is 10.2. The van der Waals surface area contributed by atoms with E-state index in [1.165, 1.54) is 12.1 Å². The van der Waals surface area contributed by atoms with E-state index in [9.17, 15) is 10.1 Å². The summed E-state index contributed by atoms with van der Waals surface area (Å²) in [4.78, 5) is 9.99. The summed E-state index contributed by atoms with van der Waals surface area (Å²) in [7, 11) is 0. The zero-order valence-corrected chi connectivity index (χ0v) is 9.33. The van der Waals surface area contributed by atoms with Crippen LogP contribution in [-0.2, 0) is 6.54 Å². The molecule has 0 aromatic heterocycles. The lowest BCUT2D eigenvalue weighted by Crippen LogP contribution is -2.38. The number of nitro groups is 1. The molecule has 0 fully saturated rings. The van der Waals surface area contributed by atoms with Gasteiger partial charge in [0, 0.05) is 18.7 Å². The first-order chi connectivity index (χ1) is 8.04. The molecule has 0 saturated heterocycles. The molecule has 4 N–H and O–H groups in total. The molecule has 7 heteroatoms. The van der Waals surface area contributed by atoms with Crippen LogP contribution >= 0.6 is 0 Å². The number of hydrogen-bond acceptors (Lipinski definition) is 5. The maximum Gasteiger partial charge on any atom is 0.269 e. The van der Waals surface area contributed by atoms with Gasteiger partial charge in [0.2, 0.25) is 0 Å². The number of nitrogens with one attached hydrogen (secondary N) is 1. The minimum atomic E-state index is -0.448. The van der Waals surface area contributed by atoms with Gasteiger partial charge in [-0.1, -0.05) is 17.3 Å². The second-order valence-corrected chi connectivity index (χ2v) is 3.55. The molecule has 17 heavy (non-hydrogen) atoms. The first-order valence-electron chi connectivity index (χ1n) is 4.98. The third-order valence-electron chi connectivity index (χ3n) is 2.32. The van der Waals surface area contributed by atoms with E-state index in [1.54, 1.807) is 19.1 Å². The molecular weight excluding hydrogens is 224 g/mol. The Bertz CT molecular complexity index is 416. The summed E-state index contributed by atoms with van der Waals surface area (Å²) in [5, 5.41) is 24.8. The molecule has 0 aliphatic heterocycles. The van der Waals surface area contributed by atoms with Crippen LogP contribution in [0.25, 0.3) is 0 Å². The van der Waals surface area contributed by atoms with E-state index in [0.29, 0.717) is 6.54 Å². The van der Waals surface area contributed by atoms with E-state index in [0.717, 1.165) is 5.56 Å². The van der Waals surface area contributed by atoms with E-state index in [2.05, 4.69) is 10.5 Å². The van der Waals surface area contributed by atoms with E-state index in [-0.39, 0.29) is 17.6 Å². The number of hydrogen-bond donors (Lipinski definition) is 3. The fourth-order valence-electron chi connectivity index (χ4n) is 1.20. The van der Waals surface area contributed by atoms with Crippen LogP contribution in [0.2, 0.25) is 0 Å². The fraction of sp³-hybridized carbons (Fsp3) is 0.300. The van der Waals surface area contributed by atoms with Gasteiger partial charge in [-0.05, 0) is 12.5 Å². The highest BCUT2D eigenvalue weighted by atomic mass is 16.6. The number of non-ortho nitro benzene ring substituents is 1. The summed E-state index contributed by atoms with van der Waals surface area (Å²) in [5.41, 5.74) is 6.33. The van der Waals surface area contributed by atoms with Gasteiger partial charge in [-0.25, -0.2) is 0 Å². The molecule has 0 saturated carbocycles. The van der Waals surface area contributed by atoms with Crippen molar-refractivity contribution in [3.05, 3.63) is 39.9 Å². The molecule has 92 valence electrons. The van der Waals surface area contributed by atoms with Gasteiger partial charge in [-0.3, -0.25) is 10.1 Å². The molecule has 0 bridgehead atoms. The highest BCUT2D eigenvalue weighted by molar-refractivity contribution is 5.84. The van der Waals surface area contributed by atoms with Gasteiger partial charge < -0.3 is 16.3 Å². The van der Waals surface area contributed by atoms with Crippen molar-refractivity contribution >= 4 is 11.5 Å². The van der Waals surface area contributed by atoms with Crippen molar-refractivity contribution < 1.29 is 10.1 Å². The van der Waals surface area contributed by atoms with Crippen molar-refractivity contribution in [2.75, 3.05) is 0 Å². The minimum absolute atomic E-state index is 0.0539. The van der Waals surface area contributed by atoms with Gasteiger partial charge in [0.1, 0.15) is 0 Å². The topological polar surface area (TPSA) is 114 Å². The third kappa shape index (κ3) is 3.72. The second-order valence-electron chi connectivity index (χ2n) is 3.55. The summed E-state index contributed by atoms with van der Waals surface area (Å²) in [6.07, 6.45) is 0. The standard InChI is InChI=1S/C10H14N4O3/c1-7(10(11)13-15)12-6-8-2-4-9(5-3-8)14(16)17/h2-5,7,12,15H,6H2,1H3,(H2,11,13). The Balaban J connectivity index is 2.56. The number of nitro benzene ring substituents is 1. The van der Waals surface area contributed by atoms with Crippen LogP contribution < -0.4 is 11.1 Å². The molecule has 1 rings (SSSR count). The average molecular weight is 238 g/mol. The van der Waals surface area contributed by atoms with Gasteiger partial charge in [-0.15, -0.1) is 0 Å². The van der Waals surface area contributed by atoms with Crippen LogP contribution in [0.3, 0.4) is 0 Å². The molecular formula is C10H14N4O3. The second kappa shape index (κ2) is 5.80. The van der Waals surface area contributed by atoms with Crippen molar-refractivity contribution in [1.82, 2.24) is 5.32 Å². The predicted molar refractivity (Wildman–Crippen MR) is 62.8 cm³/mol. The summed E-state index contributed by atoms with van der Waals surface area (Å²) in [6.45, 7) is 2.23. The highest BCUT2D eigenvalue weighted by Crippen LogP contribution is 2.11. The molecule has 7 nitrogen and oxygen atoms in total. The van der Waals surface area contributed by atoms with Crippen LogP contribution in [-0.4, -0.2) is 22.0 Å². The number of nitrogens with two attached hydrogens (primary N) is 1. The molecule has 0 radical (unpaired) electrons. The normalized spacial score (nSPS) is 13.4. The van der Waals surface area contributed by atoms with E-state index in [1.807, 2.05) is 0 Å².